The molecule has 3 aliphatic heterocycles. The van der Waals surface area contributed by atoms with Gasteiger partial charge in [0.15, 0.2) is 10.8 Å². The molecule has 2 atom stereocenters. The molecule has 1 unspecified atom stereocenters. The topological polar surface area (TPSA) is 163 Å². The van der Waals surface area contributed by atoms with E-state index in [4.69, 9.17) is 22.2 Å². The summed E-state index contributed by atoms with van der Waals surface area (Å²) in [6, 6.07) is 10.8. The van der Waals surface area contributed by atoms with Gasteiger partial charge in [0.25, 0.3) is 5.91 Å². The maximum absolute atomic E-state index is 14.4. The number of pyridine rings is 1. The molecule has 0 spiro atoms. The molecule has 312 valence electrons. The highest BCUT2D eigenvalue weighted by atomic mass is 32.1. The van der Waals surface area contributed by atoms with E-state index in [0.29, 0.717) is 62.4 Å². The minimum atomic E-state index is -4.87. The lowest BCUT2D eigenvalue weighted by atomic mass is 10.0. The van der Waals surface area contributed by atoms with Crippen LogP contribution in [0.4, 0.5) is 40.3 Å². The number of benzene rings is 2. The van der Waals surface area contributed by atoms with Crippen LogP contribution in [-0.4, -0.2) is 100 Å². The van der Waals surface area contributed by atoms with Gasteiger partial charge in [0.05, 0.1) is 24.0 Å². The van der Waals surface area contributed by atoms with Crippen molar-refractivity contribution in [2.75, 3.05) is 59.8 Å². The Kier molecular flexibility index (Phi) is 12.5. The van der Waals surface area contributed by atoms with E-state index in [1.807, 2.05) is 24.8 Å². The molecule has 0 bridgehead atoms. The average Bonchev–Trinajstić information content (AvgIpc) is 3.34. The molecule has 3 aliphatic rings. The molecule has 3 N–H and O–H groups in total. The first-order chi connectivity index (χ1) is 27.9. The second kappa shape index (κ2) is 17.3. The summed E-state index contributed by atoms with van der Waals surface area (Å²) in [5, 5.41) is 17.1. The highest BCUT2D eigenvalue weighted by molar-refractivity contribution is 7.81. The number of hydrogen-bond acceptors (Lipinski definition) is 11. The Bertz CT molecular complexity index is 2210. The monoisotopic (exact) mass is 837 g/mol. The van der Waals surface area contributed by atoms with Gasteiger partial charge in [-0.25, -0.2) is 9.37 Å². The lowest BCUT2D eigenvalue weighted by Gasteiger charge is -2.39. The van der Waals surface area contributed by atoms with Crippen LogP contribution in [0.3, 0.4) is 0 Å². The number of aromatic nitrogens is 1. The van der Waals surface area contributed by atoms with E-state index in [-0.39, 0.29) is 53.7 Å². The van der Waals surface area contributed by atoms with Gasteiger partial charge in [-0.2, -0.15) is 18.4 Å². The SMILES string of the molecule is CCc1cc(N2C(=S)N(c3cnc(C#N)c(C(F)(F)F)c3)C(=O)C2(C)C)ccc1OCCN1CCN(CC(=O)Nc2cc(F)cc(NC3CCC(=O)NC3=O)c2)[C@H](C)C1. The Morgan fingerprint density at radius 2 is 1.85 bits per heavy atom. The molecule has 3 fully saturated rings. The van der Waals surface area contributed by atoms with E-state index in [1.165, 1.54) is 24.3 Å². The van der Waals surface area contributed by atoms with Crippen molar-refractivity contribution in [2.24, 2.45) is 0 Å². The maximum Gasteiger partial charge on any atom is 0.419 e. The standard InChI is InChI=1S/C40H43F4N9O5S/c1-5-24-14-28(53-38(59)52(37(57)39(53,3)4)29-18-30(40(42,43)44)32(19-45)46-20-29)6-8-33(24)58-13-12-50-10-11-51(23(2)21-50)22-35(55)48-27-16-25(41)15-26(17-27)47-31-7-9-34(54)49-36(31)56/h6,8,14-18,20,23,31,47H,5,7,9-13,21-22H2,1-4H3,(H,48,55)(H,49,54,56)/t23-,31?/m1/s1. The Hall–Kier alpha value is -5.71. The highest BCUT2D eigenvalue weighted by Gasteiger charge is 2.51. The molecule has 59 heavy (non-hydrogen) atoms. The lowest BCUT2D eigenvalue weighted by molar-refractivity contribution is -0.138. The second-order valence-corrected chi connectivity index (χ2v) is 15.4. The van der Waals surface area contributed by atoms with E-state index in [1.54, 1.807) is 30.9 Å². The van der Waals surface area contributed by atoms with Crippen LogP contribution >= 0.6 is 12.2 Å². The number of hydrogen-bond donors (Lipinski definition) is 3. The summed E-state index contributed by atoms with van der Waals surface area (Å²) >= 11 is 5.67. The quantitative estimate of drug-likeness (QED) is 0.130. The van der Waals surface area contributed by atoms with E-state index in [9.17, 15) is 36.7 Å². The molecular weight excluding hydrogens is 795 g/mol. The minimum Gasteiger partial charge on any atom is -0.492 e. The van der Waals surface area contributed by atoms with E-state index in [2.05, 4.69) is 25.8 Å². The van der Waals surface area contributed by atoms with Crippen molar-refractivity contribution in [3.8, 4) is 11.8 Å². The molecule has 14 nitrogen and oxygen atoms in total. The molecule has 6 rings (SSSR count). The van der Waals surface area contributed by atoms with Crippen LogP contribution in [0.25, 0.3) is 0 Å². The van der Waals surface area contributed by atoms with Crippen molar-refractivity contribution in [3.63, 3.8) is 0 Å². The third-order valence-electron chi connectivity index (χ3n) is 10.5. The van der Waals surface area contributed by atoms with E-state index >= 15 is 0 Å². The Morgan fingerprint density at radius 3 is 2.53 bits per heavy atom. The van der Waals surface area contributed by atoms with Gasteiger partial charge in [-0.3, -0.25) is 39.2 Å². The molecule has 19 heteroatoms. The number of piperidine rings is 1. The van der Waals surface area contributed by atoms with Crippen molar-refractivity contribution in [3.05, 3.63) is 71.3 Å². The number of amides is 4. The van der Waals surface area contributed by atoms with Crippen LogP contribution in [0, 0.1) is 17.1 Å². The van der Waals surface area contributed by atoms with Gasteiger partial charge >= 0.3 is 6.18 Å². The highest BCUT2D eigenvalue weighted by Crippen LogP contribution is 2.40. The number of nitriles is 1. The minimum absolute atomic E-state index is 0.0206. The number of piperazine rings is 1. The van der Waals surface area contributed by atoms with Gasteiger partial charge in [-0.1, -0.05) is 6.92 Å². The number of thiocarbonyl (C=S) groups is 1. The molecule has 3 saturated heterocycles. The van der Waals surface area contributed by atoms with Gasteiger partial charge in [0.1, 0.15) is 35.8 Å². The maximum atomic E-state index is 14.4. The summed E-state index contributed by atoms with van der Waals surface area (Å²) in [5.74, 6) is -1.70. The van der Waals surface area contributed by atoms with Crippen LogP contribution in [-0.2, 0) is 31.8 Å². The summed E-state index contributed by atoms with van der Waals surface area (Å²) < 4.78 is 61.9. The number of nitrogens with zero attached hydrogens (tertiary/aromatic N) is 6. The number of nitrogens with one attached hydrogen (secondary N) is 3. The molecular formula is C40H43F4N9O5S. The van der Waals surface area contributed by atoms with Crippen molar-refractivity contribution in [1.82, 2.24) is 20.1 Å². The number of halogens is 4. The van der Waals surface area contributed by atoms with Gasteiger partial charge in [-0.15, -0.1) is 0 Å². The number of imide groups is 1. The van der Waals surface area contributed by atoms with Crippen molar-refractivity contribution < 1.29 is 41.5 Å². The third-order valence-corrected chi connectivity index (χ3v) is 10.9. The average molecular weight is 838 g/mol. The summed E-state index contributed by atoms with van der Waals surface area (Å²) in [7, 11) is 0. The zero-order valence-corrected chi connectivity index (χ0v) is 33.6. The Balaban J connectivity index is 1.02. The number of ether oxygens (including phenoxy) is 1. The number of carbonyl (C=O) groups is 4. The number of alkyl halides is 3. The predicted octanol–water partition coefficient (Wildman–Crippen LogP) is 4.83. The normalized spacial score (nSPS) is 20.1. The van der Waals surface area contributed by atoms with E-state index in [0.717, 1.165) is 16.7 Å². The number of carbonyl (C=O) groups excluding carboxylic acids is 4. The smallest absolute Gasteiger partial charge is 0.419 e. The van der Waals surface area contributed by atoms with Crippen LogP contribution in [0.2, 0.25) is 0 Å². The largest absolute Gasteiger partial charge is 0.492 e. The Labute approximate surface area is 343 Å². The summed E-state index contributed by atoms with van der Waals surface area (Å²) in [5.41, 5.74) is -1.62. The number of anilines is 4. The van der Waals surface area contributed by atoms with Crippen LogP contribution in [0.1, 0.15) is 57.4 Å². The second-order valence-electron chi connectivity index (χ2n) is 15.1. The fourth-order valence-corrected chi connectivity index (χ4v) is 7.94. The molecule has 4 heterocycles. The van der Waals surface area contributed by atoms with Gasteiger partial charge < -0.3 is 20.3 Å². The lowest BCUT2D eigenvalue weighted by Crippen LogP contribution is -2.54. The number of aryl methyl sites for hydroxylation is 1. The zero-order valence-electron chi connectivity index (χ0n) is 32.8. The molecule has 2 aromatic carbocycles. The van der Waals surface area contributed by atoms with Gasteiger partial charge in [-0.05, 0) is 93.9 Å². The first-order valence-corrected chi connectivity index (χ1v) is 19.4. The van der Waals surface area contributed by atoms with Crippen LogP contribution in [0.5, 0.6) is 5.75 Å². The predicted molar refractivity (Wildman–Crippen MR) is 214 cm³/mol. The Morgan fingerprint density at radius 1 is 1.10 bits per heavy atom. The summed E-state index contributed by atoms with van der Waals surface area (Å²) in [4.78, 5) is 60.8. The summed E-state index contributed by atoms with van der Waals surface area (Å²) in [6.07, 6.45) is -2.83. The zero-order chi connectivity index (χ0) is 42.8. The first-order valence-electron chi connectivity index (χ1n) is 19.0. The fraction of sp³-hybridized carbons (Fsp3) is 0.425. The van der Waals surface area contributed by atoms with Gasteiger partial charge in [0, 0.05) is 55.7 Å². The van der Waals surface area contributed by atoms with Crippen LogP contribution < -0.4 is 30.5 Å². The van der Waals surface area contributed by atoms with Crippen molar-refractivity contribution >= 4 is 63.7 Å². The van der Waals surface area contributed by atoms with Crippen molar-refractivity contribution in [2.45, 2.75) is 70.8 Å². The van der Waals surface area contributed by atoms with Gasteiger partial charge in [0.2, 0.25) is 17.7 Å². The molecule has 4 amide bonds. The molecule has 3 aromatic rings. The molecule has 0 aliphatic carbocycles. The summed E-state index contributed by atoms with van der Waals surface area (Å²) in [6.45, 7) is 10.2. The molecule has 0 saturated carbocycles. The van der Waals surface area contributed by atoms with E-state index < -0.39 is 46.6 Å². The fourth-order valence-electron chi connectivity index (χ4n) is 7.42. The first kappa shape index (κ1) is 42.9. The molecule has 1 aromatic heterocycles. The number of rotatable bonds is 12. The van der Waals surface area contributed by atoms with Crippen LogP contribution in [0.15, 0.2) is 48.7 Å². The molecule has 0 radical (unpaired) electrons. The third kappa shape index (κ3) is 9.45. The van der Waals surface area contributed by atoms with Crippen molar-refractivity contribution in [1.29, 1.82) is 5.26 Å².